The molecule has 0 saturated carbocycles. The highest BCUT2D eigenvalue weighted by molar-refractivity contribution is 5.93. The molecule has 1 aliphatic heterocycles. The quantitative estimate of drug-likeness (QED) is 0.463. The molecule has 2 aromatic rings. The molecule has 0 bridgehead atoms. The Labute approximate surface area is 196 Å². The summed E-state index contributed by atoms with van der Waals surface area (Å²) in [7, 11) is 3.20. The molecule has 3 rings (SSSR count). The predicted molar refractivity (Wildman–Crippen MR) is 128 cm³/mol. The van der Waals surface area contributed by atoms with Gasteiger partial charge in [0.1, 0.15) is 5.75 Å². The minimum Gasteiger partial charge on any atom is -0.496 e. The lowest BCUT2D eigenvalue weighted by Gasteiger charge is -2.39. The molecule has 0 radical (unpaired) electrons. The lowest BCUT2D eigenvalue weighted by Crippen LogP contribution is -2.52. The summed E-state index contributed by atoms with van der Waals surface area (Å²) >= 11 is 0. The summed E-state index contributed by atoms with van der Waals surface area (Å²) in [6, 6.07) is 13.0. The van der Waals surface area contributed by atoms with Gasteiger partial charge in [-0.25, -0.2) is 4.79 Å². The number of unbranched alkanes of at least 4 members (excludes halogenated alkanes) is 2. The third-order valence-electron chi connectivity index (χ3n) is 5.77. The summed E-state index contributed by atoms with van der Waals surface area (Å²) in [6.07, 6.45) is 3.21. The molecule has 1 atom stereocenters. The second-order valence-corrected chi connectivity index (χ2v) is 8.41. The number of benzene rings is 2. The Morgan fingerprint density at radius 2 is 1.82 bits per heavy atom. The van der Waals surface area contributed by atoms with E-state index in [1.807, 2.05) is 29.2 Å². The van der Waals surface area contributed by atoms with Crippen LogP contribution in [0.1, 0.15) is 44.2 Å². The van der Waals surface area contributed by atoms with Crippen molar-refractivity contribution in [2.24, 2.45) is 5.92 Å². The number of carbonyl (C=O) groups is 1. The lowest BCUT2D eigenvalue weighted by molar-refractivity contribution is 0.178. The van der Waals surface area contributed by atoms with Crippen LogP contribution in [0.4, 0.5) is 10.5 Å². The molecule has 7 heteroatoms. The molecule has 7 nitrogen and oxygen atoms in total. The summed E-state index contributed by atoms with van der Waals surface area (Å²) in [5.41, 5.74) is 2.18. The number of carbonyl (C=O) groups excluding carboxylic acids is 1. The summed E-state index contributed by atoms with van der Waals surface area (Å²) < 4.78 is 16.9. The molecule has 2 amide bonds. The first-order valence-electron chi connectivity index (χ1n) is 11.4. The predicted octanol–water partition coefficient (Wildman–Crippen LogP) is 5.22. The molecule has 1 saturated heterocycles. The summed E-state index contributed by atoms with van der Waals surface area (Å²) in [4.78, 5) is 17.1. The normalized spacial score (nSPS) is 15.8. The van der Waals surface area contributed by atoms with Crippen LogP contribution < -0.4 is 19.1 Å². The number of nitrogens with zero attached hydrogens (tertiary/aromatic N) is 3. The van der Waals surface area contributed by atoms with Crippen LogP contribution in [0.2, 0.25) is 0 Å². The number of urea groups is 1. The Balaban J connectivity index is 1.81. The number of methoxy groups -OCH3 is 2. The van der Waals surface area contributed by atoms with Crippen molar-refractivity contribution in [1.82, 2.24) is 4.90 Å². The van der Waals surface area contributed by atoms with Gasteiger partial charge in [0, 0.05) is 30.4 Å². The van der Waals surface area contributed by atoms with Crippen molar-refractivity contribution in [3.05, 3.63) is 47.5 Å². The number of rotatable bonds is 10. The zero-order chi connectivity index (χ0) is 23.8. The second-order valence-electron chi connectivity index (χ2n) is 8.41. The first kappa shape index (κ1) is 24.2. The Morgan fingerprint density at radius 3 is 2.52 bits per heavy atom. The van der Waals surface area contributed by atoms with Crippen LogP contribution in [0.15, 0.2) is 36.4 Å². The molecule has 33 heavy (non-hydrogen) atoms. The highest BCUT2D eigenvalue weighted by Gasteiger charge is 2.31. The minimum atomic E-state index is -0.0680. The number of anilines is 1. The fraction of sp³-hybridized carbons (Fsp3) is 0.462. The highest BCUT2D eigenvalue weighted by Crippen LogP contribution is 2.34. The van der Waals surface area contributed by atoms with Crippen LogP contribution in [0.25, 0.3) is 0 Å². The van der Waals surface area contributed by atoms with Gasteiger partial charge < -0.3 is 19.1 Å². The average molecular weight is 452 g/mol. The summed E-state index contributed by atoms with van der Waals surface area (Å²) in [6.45, 7) is 6.59. The van der Waals surface area contributed by atoms with Crippen LogP contribution in [-0.2, 0) is 6.54 Å². The van der Waals surface area contributed by atoms with Crippen LogP contribution in [0.3, 0.4) is 0 Å². The van der Waals surface area contributed by atoms with E-state index in [2.05, 4.69) is 19.9 Å². The molecule has 0 aromatic heterocycles. The van der Waals surface area contributed by atoms with Gasteiger partial charge in [-0.15, -0.1) is 0 Å². The van der Waals surface area contributed by atoms with Crippen LogP contribution in [0.5, 0.6) is 17.2 Å². The van der Waals surface area contributed by atoms with Crippen molar-refractivity contribution in [2.75, 3.05) is 38.8 Å². The largest absolute Gasteiger partial charge is 0.496 e. The number of nitriles is 1. The van der Waals surface area contributed by atoms with E-state index in [1.54, 1.807) is 31.3 Å². The van der Waals surface area contributed by atoms with Crippen LogP contribution in [0, 0.1) is 17.2 Å². The third-order valence-corrected chi connectivity index (χ3v) is 5.77. The first-order valence-corrected chi connectivity index (χ1v) is 11.4. The topological polar surface area (TPSA) is 75.0 Å². The van der Waals surface area contributed by atoms with Crippen molar-refractivity contribution < 1.29 is 19.0 Å². The molecule has 1 heterocycles. The lowest BCUT2D eigenvalue weighted by atomic mass is 10.1. The number of hydrogen-bond donors (Lipinski definition) is 0. The van der Waals surface area contributed by atoms with Gasteiger partial charge in [0.2, 0.25) is 0 Å². The van der Waals surface area contributed by atoms with E-state index in [0.29, 0.717) is 49.1 Å². The van der Waals surface area contributed by atoms with E-state index in [0.717, 1.165) is 30.5 Å². The molecule has 0 aliphatic carbocycles. The van der Waals surface area contributed by atoms with E-state index in [9.17, 15) is 4.79 Å². The third kappa shape index (κ3) is 5.89. The maximum absolute atomic E-state index is 13.5. The maximum atomic E-state index is 13.5. The molecule has 1 aliphatic rings. The number of hydrogen-bond acceptors (Lipinski definition) is 5. The van der Waals surface area contributed by atoms with Gasteiger partial charge in [0.05, 0.1) is 39.0 Å². The van der Waals surface area contributed by atoms with E-state index in [1.165, 1.54) is 0 Å². The minimum absolute atomic E-state index is 0.0680. The monoisotopic (exact) mass is 451 g/mol. The average Bonchev–Trinajstić information content (AvgIpc) is 2.84. The smallest absolute Gasteiger partial charge is 0.324 e. The van der Waals surface area contributed by atoms with Gasteiger partial charge in [0.25, 0.3) is 0 Å². The fourth-order valence-corrected chi connectivity index (χ4v) is 4.05. The Morgan fingerprint density at radius 1 is 1.03 bits per heavy atom. The Hall–Kier alpha value is -3.40. The van der Waals surface area contributed by atoms with Gasteiger partial charge in [-0.2, -0.15) is 5.26 Å². The first-order chi connectivity index (χ1) is 16.0. The van der Waals surface area contributed by atoms with Gasteiger partial charge in [0.15, 0.2) is 11.5 Å². The highest BCUT2D eigenvalue weighted by atomic mass is 16.5. The van der Waals surface area contributed by atoms with E-state index in [4.69, 9.17) is 19.5 Å². The van der Waals surface area contributed by atoms with E-state index >= 15 is 0 Å². The van der Waals surface area contributed by atoms with Crippen LogP contribution in [-0.4, -0.2) is 44.8 Å². The van der Waals surface area contributed by atoms with Crippen LogP contribution >= 0.6 is 0 Å². The van der Waals surface area contributed by atoms with Crippen molar-refractivity contribution >= 4 is 11.7 Å². The summed E-state index contributed by atoms with van der Waals surface area (Å²) in [5, 5.41) is 9.15. The standard InChI is InChI=1S/C26H33N3O4/c1-5-6-7-12-33-25-14-22(10-11-23(25)31-3)29-17-19(2)16-28(26(29)30)18-21-9-8-20(15-27)13-24(21)32-4/h8-11,13-14,19H,5-7,12,16-18H2,1-4H3. The number of amides is 2. The molecule has 0 spiro atoms. The van der Waals surface area contributed by atoms with Gasteiger partial charge in [-0.1, -0.05) is 32.8 Å². The van der Waals surface area contributed by atoms with Gasteiger partial charge >= 0.3 is 6.03 Å². The molecule has 1 fully saturated rings. The Bertz CT molecular complexity index is 1000. The van der Waals surface area contributed by atoms with Crippen molar-refractivity contribution in [3.8, 4) is 23.3 Å². The van der Waals surface area contributed by atoms with E-state index < -0.39 is 0 Å². The van der Waals surface area contributed by atoms with Gasteiger partial charge in [-0.05, 0) is 36.6 Å². The zero-order valence-electron chi connectivity index (χ0n) is 20.0. The van der Waals surface area contributed by atoms with Crippen molar-refractivity contribution in [2.45, 2.75) is 39.7 Å². The molecule has 176 valence electrons. The molecule has 2 aromatic carbocycles. The fourth-order valence-electron chi connectivity index (χ4n) is 4.05. The molecular formula is C26H33N3O4. The molecular weight excluding hydrogens is 418 g/mol. The zero-order valence-corrected chi connectivity index (χ0v) is 20.0. The maximum Gasteiger partial charge on any atom is 0.324 e. The van der Waals surface area contributed by atoms with Crippen molar-refractivity contribution in [1.29, 1.82) is 5.26 Å². The molecule has 0 N–H and O–H groups in total. The van der Waals surface area contributed by atoms with Crippen molar-refractivity contribution in [3.63, 3.8) is 0 Å². The molecule has 1 unspecified atom stereocenters. The summed E-state index contributed by atoms with van der Waals surface area (Å²) in [5.74, 6) is 2.20. The Kier molecular flexibility index (Phi) is 8.42. The van der Waals surface area contributed by atoms with Gasteiger partial charge in [-0.3, -0.25) is 4.90 Å². The SMILES string of the molecule is CCCCCOc1cc(N2CC(C)CN(Cc3ccc(C#N)cc3OC)C2=O)ccc1OC. The van der Waals surface area contributed by atoms with E-state index in [-0.39, 0.29) is 11.9 Å². The number of ether oxygens (including phenoxy) is 3. The second kappa shape index (κ2) is 11.5.